The van der Waals surface area contributed by atoms with Gasteiger partial charge in [0.15, 0.2) is 0 Å². The van der Waals surface area contributed by atoms with Crippen LogP contribution in [0.2, 0.25) is 0 Å². The van der Waals surface area contributed by atoms with E-state index >= 15 is 0 Å². The number of nitrogens with zero attached hydrogens (tertiary/aromatic N) is 1. The number of benzene rings is 1. The van der Waals surface area contributed by atoms with Crippen LogP contribution in [-0.4, -0.2) is 12.7 Å². The predicted molar refractivity (Wildman–Crippen MR) is 48.9 cm³/mol. The third-order valence-electron chi connectivity index (χ3n) is 1.88. The molecule has 1 aliphatic rings. The van der Waals surface area contributed by atoms with Gasteiger partial charge in [-0.1, -0.05) is 0 Å². The Bertz CT molecular complexity index is 401. The predicted octanol–water partition coefficient (Wildman–Crippen LogP) is 2.54. The van der Waals surface area contributed by atoms with E-state index in [9.17, 15) is 13.2 Å². The van der Waals surface area contributed by atoms with Gasteiger partial charge in [-0.15, -0.1) is 13.2 Å². The minimum Gasteiger partial charge on any atom is -0.406 e. The van der Waals surface area contributed by atoms with Crippen molar-refractivity contribution in [3.05, 3.63) is 23.8 Å². The van der Waals surface area contributed by atoms with Gasteiger partial charge in [0, 0.05) is 11.3 Å². The SMILES string of the molecule is FC(F)(F)Oc1ccc2c(c1)CN=CN2. The third kappa shape index (κ3) is 2.39. The van der Waals surface area contributed by atoms with Crippen molar-refractivity contribution in [2.45, 2.75) is 12.9 Å². The fourth-order valence-electron chi connectivity index (χ4n) is 1.30. The Hall–Kier alpha value is -1.72. The highest BCUT2D eigenvalue weighted by Gasteiger charge is 2.31. The monoisotopic (exact) mass is 216 g/mol. The van der Waals surface area contributed by atoms with Gasteiger partial charge in [0.1, 0.15) is 5.75 Å². The molecule has 1 aromatic rings. The second-order valence-corrected chi connectivity index (χ2v) is 2.98. The van der Waals surface area contributed by atoms with E-state index in [1.54, 1.807) is 0 Å². The van der Waals surface area contributed by atoms with Crippen molar-refractivity contribution < 1.29 is 17.9 Å². The van der Waals surface area contributed by atoms with Crippen LogP contribution < -0.4 is 10.1 Å². The third-order valence-corrected chi connectivity index (χ3v) is 1.88. The molecule has 6 heteroatoms. The van der Waals surface area contributed by atoms with E-state index in [1.807, 2.05) is 0 Å². The lowest BCUT2D eigenvalue weighted by atomic mass is 10.1. The van der Waals surface area contributed by atoms with Crippen LogP contribution in [0.25, 0.3) is 0 Å². The number of hydrogen-bond acceptors (Lipinski definition) is 3. The van der Waals surface area contributed by atoms with Crippen LogP contribution in [0.15, 0.2) is 23.2 Å². The molecule has 3 nitrogen and oxygen atoms in total. The summed E-state index contributed by atoms with van der Waals surface area (Å²) in [4.78, 5) is 3.88. The summed E-state index contributed by atoms with van der Waals surface area (Å²) < 4.78 is 39.5. The quantitative estimate of drug-likeness (QED) is 0.782. The van der Waals surface area contributed by atoms with E-state index < -0.39 is 6.36 Å². The van der Waals surface area contributed by atoms with Crippen LogP contribution in [0.4, 0.5) is 18.9 Å². The molecule has 0 aliphatic carbocycles. The van der Waals surface area contributed by atoms with Gasteiger partial charge in [0.2, 0.25) is 0 Å². The second kappa shape index (κ2) is 3.45. The summed E-state index contributed by atoms with van der Waals surface area (Å²) in [6.45, 7) is 0.359. The summed E-state index contributed by atoms with van der Waals surface area (Å²) in [5.41, 5.74) is 1.43. The Morgan fingerprint density at radius 1 is 1.33 bits per heavy atom. The van der Waals surface area contributed by atoms with Crippen LogP contribution in [0.5, 0.6) is 5.75 Å². The lowest BCUT2D eigenvalue weighted by Gasteiger charge is -2.14. The molecule has 0 atom stereocenters. The molecule has 1 N–H and O–H groups in total. The highest BCUT2D eigenvalue weighted by Crippen LogP contribution is 2.28. The number of ether oxygens (including phenoxy) is 1. The normalized spacial score (nSPS) is 14.3. The first-order chi connectivity index (χ1) is 7.04. The van der Waals surface area contributed by atoms with E-state index in [4.69, 9.17) is 0 Å². The molecule has 1 heterocycles. The Balaban J connectivity index is 2.23. The molecule has 0 spiro atoms. The molecule has 0 unspecified atom stereocenters. The van der Waals surface area contributed by atoms with Gasteiger partial charge >= 0.3 is 6.36 Å². The second-order valence-electron chi connectivity index (χ2n) is 2.98. The molecular formula is C9H7F3N2O. The summed E-state index contributed by atoms with van der Waals surface area (Å²) in [6, 6.07) is 4.12. The molecule has 80 valence electrons. The molecule has 0 radical (unpaired) electrons. The van der Waals surface area contributed by atoms with E-state index in [2.05, 4.69) is 15.0 Å². The molecule has 1 aliphatic heterocycles. The molecule has 0 amide bonds. The number of aliphatic imine (C=N–C) groups is 1. The van der Waals surface area contributed by atoms with Crippen molar-refractivity contribution in [3.8, 4) is 5.75 Å². The summed E-state index contributed by atoms with van der Waals surface area (Å²) in [7, 11) is 0. The van der Waals surface area contributed by atoms with Crippen LogP contribution in [-0.2, 0) is 6.54 Å². The van der Waals surface area contributed by atoms with Crippen molar-refractivity contribution in [2.24, 2.45) is 4.99 Å². The maximum atomic E-state index is 11.9. The van der Waals surface area contributed by atoms with Crippen LogP contribution >= 0.6 is 0 Å². The number of hydrogen-bond donors (Lipinski definition) is 1. The van der Waals surface area contributed by atoms with Crippen molar-refractivity contribution in [1.82, 2.24) is 0 Å². The number of anilines is 1. The topological polar surface area (TPSA) is 33.6 Å². The molecule has 15 heavy (non-hydrogen) atoms. The van der Waals surface area contributed by atoms with Crippen LogP contribution in [0.3, 0.4) is 0 Å². The molecule has 0 bridgehead atoms. The molecule has 2 rings (SSSR count). The summed E-state index contributed by atoms with van der Waals surface area (Å²) in [6.07, 6.45) is -3.15. The lowest BCUT2D eigenvalue weighted by molar-refractivity contribution is -0.274. The molecular weight excluding hydrogens is 209 g/mol. The first kappa shape index (κ1) is 9.82. The molecule has 0 saturated heterocycles. The molecule has 0 aromatic heterocycles. The minimum absolute atomic E-state index is 0.222. The van der Waals surface area contributed by atoms with Gasteiger partial charge in [-0.05, 0) is 18.2 Å². The molecule has 0 fully saturated rings. The van der Waals surface area contributed by atoms with Crippen LogP contribution in [0.1, 0.15) is 5.56 Å². The van der Waals surface area contributed by atoms with Gasteiger partial charge in [-0.2, -0.15) is 0 Å². The van der Waals surface area contributed by atoms with Gasteiger partial charge in [0.05, 0.1) is 12.9 Å². The standard InChI is InChI=1S/C9H7F3N2O/c10-9(11,12)15-7-1-2-8-6(3-7)4-13-5-14-8/h1-3,5H,4H2,(H,13,14). The summed E-state index contributed by atoms with van der Waals surface area (Å²) in [5, 5.41) is 2.82. The first-order valence-electron chi connectivity index (χ1n) is 4.18. The van der Waals surface area contributed by atoms with Crippen molar-refractivity contribution in [3.63, 3.8) is 0 Å². The number of alkyl halides is 3. The lowest BCUT2D eigenvalue weighted by Crippen LogP contribution is -2.17. The largest absolute Gasteiger partial charge is 0.573 e. The first-order valence-corrected chi connectivity index (χ1v) is 4.18. The zero-order chi connectivity index (χ0) is 10.9. The van der Waals surface area contributed by atoms with Gasteiger partial charge < -0.3 is 10.1 Å². The zero-order valence-corrected chi connectivity index (χ0v) is 7.51. The smallest absolute Gasteiger partial charge is 0.406 e. The Morgan fingerprint density at radius 2 is 2.13 bits per heavy atom. The number of fused-ring (bicyclic) bond motifs is 1. The average molecular weight is 216 g/mol. The van der Waals surface area contributed by atoms with Gasteiger partial charge in [-0.25, -0.2) is 0 Å². The average Bonchev–Trinajstić information content (AvgIpc) is 2.15. The highest BCUT2D eigenvalue weighted by atomic mass is 19.4. The highest BCUT2D eigenvalue weighted by molar-refractivity contribution is 5.79. The van der Waals surface area contributed by atoms with E-state index in [1.165, 1.54) is 24.5 Å². The minimum atomic E-state index is -4.65. The van der Waals surface area contributed by atoms with Crippen molar-refractivity contribution >= 4 is 12.0 Å². The maximum absolute atomic E-state index is 11.9. The molecule has 1 aromatic carbocycles. The maximum Gasteiger partial charge on any atom is 0.573 e. The Labute approximate surface area is 83.6 Å². The fraction of sp³-hybridized carbons (Fsp3) is 0.222. The fourth-order valence-corrected chi connectivity index (χ4v) is 1.30. The summed E-state index contributed by atoms with van der Waals surface area (Å²) in [5.74, 6) is -0.222. The van der Waals surface area contributed by atoms with E-state index in [0.29, 0.717) is 12.1 Å². The van der Waals surface area contributed by atoms with Crippen molar-refractivity contribution in [1.29, 1.82) is 0 Å². The van der Waals surface area contributed by atoms with E-state index in [0.717, 1.165) is 5.69 Å². The number of halogens is 3. The number of rotatable bonds is 1. The number of nitrogens with one attached hydrogen (secondary N) is 1. The van der Waals surface area contributed by atoms with Crippen molar-refractivity contribution in [2.75, 3.05) is 5.32 Å². The van der Waals surface area contributed by atoms with E-state index in [-0.39, 0.29) is 5.75 Å². The van der Waals surface area contributed by atoms with Gasteiger partial charge in [-0.3, -0.25) is 4.99 Å². The van der Waals surface area contributed by atoms with Gasteiger partial charge in [0.25, 0.3) is 0 Å². The van der Waals surface area contributed by atoms with Crippen LogP contribution in [0, 0.1) is 0 Å². The zero-order valence-electron chi connectivity index (χ0n) is 7.51. The Kier molecular flexibility index (Phi) is 2.26. The summed E-state index contributed by atoms with van der Waals surface area (Å²) >= 11 is 0. The molecule has 0 saturated carbocycles. The Morgan fingerprint density at radius 3 is 2.87 bits per heavy atom.